The van der Waals surface area contributed by atoms with Gasteiger partial charge < -0.3 is 10.2 Å². The van der Waals surface area contributed by atoms with Crippen molar-refractivity contribution in [2.75, 3.05) is 18.2 Å². The molecule has 0 atom stereocenters. The smallest absolute Gasteiger partial charge is 0.175 e. The number of hydrogen-bond acceptors (Lipinski definition) is 2. The third-order valence-electron chi connectivity index (χ3n) is 3.53. The van der Waals surface area contributed by atoms with E-state index in [1.165, 1.54) is 12.1 Å². The highest BCUT2D eigenvalue weighted by Crippen LogP contribution is 2.21. The van der Waals surface area contributed by atoms with Gasteiger partial charge in [-0.3, -0.25) is 4.90 Å². The molecule has 3 nitrogen and oxygen atoms in total. The molecule has 0 bridgehead atoms. The van der Waals surface area contributed by atoms with Crippen LogP contribution in [0, 0.1) is 5.82 Å². The van der Waals surface area contributed by atoms with E-state index < -0.39 is 0 Å². The molecule has 1 heterocycles. The maximum Gasteiger partial charge on any atom is 0.175 e. The third-order valence-corrected chi connectivity index (χ3v) is 4.26. The van der Waals surface area contributed by atoms with E-state index in [1.807, 2.05) is 29.2 Å². The molecular formula is C16H15ClFN3S. The highest BCUT2D eigenvalue weighted by Gasteiger charge is 2.22. The van der Waals surface area contributed by atoms with Crippen LogP contribution in [0.1, 0.15) is 5.56 Å². The Labute approximate surface area is 139 Å². The molecular weight excluding hydrogens is 321 g/mol. The summed E-state index contributed by atoms with van der Waals surface area (Å²) in [5.41, 5.74) is 1.93. The summed E-state index contributed by atoms with van der Waals surface area (Å²) in [6.45, 7) is 2.00. The number of nitrogens with zero attached hydrogens (tertiary/aromatic N) is 2. The molecule has 0 saturated carbocycles. The second-order valence-corrected chi connectivity index (χ2v) is 5.90. The molecule has 0 spiro atoms. The minimum atomic E-state index is -0.257. The topological polar surface area (TPSA) is 18.5 Å². The average Bonchev–Trinajstić information content (AvgIpc) is 2.52. The largest absolute Gasteiger partial charge is 0.349 e. The van der Waals surface area contributed by atoms with E-state index in [9.17, 15) is 4.39 Å². The molecule has 0 aliphatic carbocycles. The number of thiocarbonyl (C=S) groups is 1. The minimum Gasteiger partial charge on any atom is -0.349 e. The fraction of sp³-hybridized carbons (Fsp3) is 0.188. The number of hydrogen-bond donors (Lipinski definition) is 1. The third kappa shape index (κ3) is 3.38. The van der Waals surface area contributed by atoms with E-state index in [4.69, 9.17) is 23.8 Å². The maximum absolute atomic E-state index is 13.1. The molecule has 114 valence electrons. The van der Waals surface area contributed by atoms with Crippen LogP contribution < -0.4 is 10.2 Å². The Morgan fingerprint density at radius 3 is 2.59 bits per heavy atom. The summed E-state index contributed by atoms with van der Waals surface area (Å²) in [7, 11) is 0. The number of anilines is 1. The van der Waals surface area contributed by atoms with Gasteiger partial charge in [0, 0.05) is 17.3 Å². The number of rotatable bonds is 3. The zero-order valence-electron chi connectivity index (χ0n) is 11.8. The SMILES string of the molecule is Fc1ccc(N2CN(Cc3ccccc3Cl)CNC2=S)cc1. The summed E-state index contributed by atoms with van der Waals surface area (Å²) in [4.78, 5) is 4.12. The van der Waals surface area contributed by atoms with Gasteiger partial charge in [0.2, 0.25) is 0 Å². The highest BCUT2D eigenvalue weighted by atomic mass is 35.5. The van der Waals surface area contributed by atoms with Gasteiger partial charge in [0.25, 0.3) is 0 Å². The molecule has 22 heavy (non-hydrogen) atoms. The van der Waals surface area contributed by atoms with Gasteiger partial charge in [-0.25, -0.2) is 4.39 Å². The van der Waals surface area contributed by atoms with Crippen molar-refractivity contribution in [1.29, 1.82) is 0 Å². The molecule has 1 saturated heterocycles. The first-order valence-electron chi connectivity index (χ1n) is 6.90. The first-order chi connectivity index (χ1) is 10.6. The second kappa shape index (κ2) is 6.60. The number of nitrogens with one attached hydrogen (secondary N) is 1. The Bertz CT molecular complexity index is 677. The summed E-state index contributed by atoms with van der Waals surface area (Å²) >= 11 is 11.6. The summed E-state index contributed by atoms with van der Waals surface area (Å²) < 4.78 is 13.1. The van der Waals surface area contributed by atoms with Crippen LogP contribution in [-0.4, -0.2) is 23.3 Å². The number of halogens is 2. The molecule has 0 aromatic heterocycles. The first kappa shape index (κ1) is 15.2. The molecule has 2 aromatic carbocycles. The lowest BCUT2D eigenvalue weighted by Crippen LogP contribution is -2.55. The van der Waals surface area contributed by atoms with Gasteiger partial charge in [0.1, 0.15) is 5.82 Å². The summed E-state index contributed by atoms with van der Waals surface area (Å²) in [5, 5.41) is 4.58. The van der Waals surface area contributed by atoms with Crippen molar-refractivity contribution in [3.8, 4) is 0 Å². The molecule has 2 aromatic rings. The summed E-state index contributed by atoms with van der Waals surface area (Å²) in [6.07, 6.45) is 0. The molecule has 1 aliphatic rings. The van der Waals surface area contributed by atoms with Crippen molar-refractivity contribution >= 4 is 34.6 Å². The van der Waals surface area contributed by atoms with Crippen LogP contribution in [-0.2, 0) is 6.54 Å². The Kier molecular flexibility index (Phi) is 4.57. The maximum atomic E-state index is 13.1. The van der Waals surface area contributed by atoms with Gasteiger partial charge in [-0.2, -0.15) is 0 Å². The highest BCUT2D eigenvalue weighted by molar-refractivity contribution is 7.80. The monoisotopic (exact) mass is 335 g/mol. The van der Waals surface area contributed by atoms with Gasteiger partial charge in [0.05, 0.1) is 13.3 Å². The van der Waals surface area contributed by atoms with E-state index in [0.717, 1.165) is 16.3 Å². The summed E-state index contributed by atoms with van der Waals surface area (Å²) in [6, 6.07) is 14.1. The second-order valence-electron chi connectivity index (χ2n) is 5.11. The van der Waals surface area contributed by atoms with Gasteiger partial charge in [-0.15, -0.1) is 0 Å². The Hall–Kier alpha value is -1.69. The fourth-order valence-corrected chi connectivity index (χ4v) is 2.81. The molecule has 1 N–H and O–H groups in total. The predicted octanol–water partition coefficient (Wildman–Crippen LogP) is 3.59. The molecule has 0 amide bonds. The van der Waals surface area contributed by atoms with E-state index >= 15 is 0 Å². The van der Waals surface area contributed by atoms with Crippen LogP contribution in [0.25, 0.3) is 0 Å². The summed E-state index contributed by atoms with van der Waals surface area (Å²) in [5.74, 6) is -0.257. The molecule has 6 heteroatoms. The molecule has 3 rings (SSSR count). The van der Waals surface area contributed by atoms with E-state index in [1.54, 1.807) is 12.1 Å². The predicted molar refractivity (Wildman–Crippen MR) is 91.3 cm³/mol. The lowest BCUT2D eigenvalue weighted by molar-refractivity contribution is 0.253. The lowest BCUT2D eigenvalue weighted by atomic mass is 10.2. The average molecular weight is 336 g/mol. The van der Waals surface area contributed by atoms with Crippen LogP contribution in [0.3, 0.4) is 0 Å². The van der Waals surface area contributed by atoms with Crippen molar-refractivity contribution in [2.45, 2.75) is 6.54 Å². The Balaban J connectivity index is 1.75. The first-order valence-corrected chi connectivity index (χ1v) is 7.69. The van der Waals surface area contributed by atoms with Crippen LogP contribution in [0.15, 0.2) is 48.5 Å². The quantitative estimate of drug-likeness (QED) is 0.864. The number of benzene rings is 2. The standard InChI is InChI=1S/C16H15ClFN3S/c17-15-4-2-1-3-12(15)9-20-10-19-16(22)21(11-20)14-7-5-13(18)6-8-14/h1-8H,9-11H2,(H,19,22). The van der Waals surface area contributed by atoms with Gasteiger partial charge in [-0.1, -0.05) is 29.8 Å². The van der Waals surface area contributed by atoms with Crippen molar-refractivity contribution < 1.29 is 4.39 Å². The van der Waals surface area contributed by atoms with Crippen LogP contribution in [0.2, 0.25) is 5.02 Å². The van der Waals surface area contributed by atoms with Crippen molar-refractivity contribution in [2.24, 2.45) is 0 Å². The Morgan fingerprint density at radius 2 is 1.86 bits per heavy atom. The zero-order chi connectivity index (χ0) is 15.5. The zero-order valence-corrected chi connectivity index (χ0v) is 13.4. The van der Waals surface area contributed by atoms with Crippen molar-refractivity contribution in [3.05, 3.63) is 64.9 Å². The lowest BCUT2D eigenvalue weighted by Gasteiger charge is -2.38. The van der Waals surface area contributed by atoms with E-state index in [-0.39, 0.29) is 5.82 Å². The van der Waals surface area contributed by atoms with Crippen LogP contribution >= 0.6 is 23.8 Å². The minimum absolute atomic E-state index is 0.257. The molecule has 1 aliphatic heterocycles. The fourth-order valence-electron chi connectivity index (χ4n) is 2.38. The van der Waals surface area contributed by atoms with E-state index in [0.29, 0.717) is 25.0 Å². The van der Waals surface area contributed by atoms with Gasteiger partial charge >= 0.3 is 0 Å². The molecule has 1 fully saturated rings. The van der Waals surface area contributed by atoms with Crippen LogP contribution in [0.4, 0.5) is 10.1 Å². The Morgan fingerprint density at radius 1 is 1.14 bits per heavy atom. The van der Waals surface area contributed by atoms with Gasteiger partial charge in [-0.05, 0) is 48.1 Å². The van der Waals surface area contributed by atoms with E-state index in [2.05, 4.69) is 10.2 Å². The normalized spacial score (nSPS) is 15.7. The van der Waals surface area contributed by atoms with Crippen molar-refractivity contribution in [3.63, 3.8) is 0 Å². The molecule has 0 radical (unpaired) electrons. The van der Waals surface area contributed by atoms with Gasteiger partial charge in [0.15, 0.2) is 5.11 Å². The van der Waals surface area contributed by atoms with Crippen LogP contribution in [0.5, 0.6) is 0 Å². The molecule has 0 unspecified atom stereocenters. The van der Waals surface area contributed by atoms with Crippen molar-refractivity contribution in [1.82, 2.24) is 10.2 Å².